The molecule has 1 aromatic heterocycles. The number of carboxylic acid groups (broad SMARTS) is 1. The summed E-state index contributed by atoms with van der Waals surface area (Å²) in [6, 6.07) is 5.79. The average Bonchev–Trinajstić information content (AvgIpc) is 2.66. The van der Waals surface area contributed by atoms with Crippen LogP contribution in [0.1, 0.15) is 10.5 Å². The van der Waals surface area contributed by atoms with Gasteiger partial charge in [-0.3, -0.25) is 0 Å². The number of aromatic nitrogens is 1. The van der Waals surface area contributed by atoms with Crippen LogP contribution in [0.2, 0.25) is 0 Å². The Morgan fingerprint density at radius 1 is 1.50 bits per heavy atom. The molecule has 0 radical (unpaired) electrons. The molecule has 0 bridgehead atoms. The second-order valence-electron chi connectivity index (χ2n) is 2.97. The number of rotatable bonds is 3. The summed E-state index contributed by atoms with van der Waals surface area (Å²) in [5.74, 6) is -1.49. The molecule has 0 saturated carbocycles. The summed E-state index contributed by atoms with van der Waals surface area (Å²) in [5, 5.41) is 12.0. The highest BCUT2D eigenvalue weighted by molar-refractivity contribution is 7.14. The van der Waals surface area contributed by atoms with Gasteiger partial charge in [0.15, 0.2) is 5.69 Å². The van der Waals surface area contributed by atoms with Crippen molar-refractivity contribution >= 4 is 28.0 Å². The van der Waals surface area contributed by atoms with Crippen LogP contribution in [0.3, 0.4) is 0 Å². The molecule has 1 aromatic carbocycles. The predicted octanol–water partition coefficient (Wildman–Crippen LogP) is 2.72. The molecule has 16 heavy (non-hydrogen) atoms. The zero-order valence-corrected chi connectivity index (χ0v) is 8.79. The van der Waals surface area contributed by atoms with Crippen molar-refractivity contribution in [3.05, 3.63) is 41.3 Å². The van der Waals surface area contributed by atoms with Crippen LogP contribution >= 0.6 is 11.3 Å². The Kier molecular flexibility index (Phi) is 2.82. The molecule has 0 fully saturated rings. The number of nitrogens with zero attached hydrogens (tertiary/aromatic N) is 1. The van der Waals surface area contributed by atoms with E-state index in [4.69, 9.17) is 5.11 Å². The van der Waals surface area contributed by atoms with E-state index < -0.39 is 5.97 Å². The highest BCUT2D eigenvalue weighted by Gasteiger charge is 2.13. The van der Waals surface area contributed by atoms with Crippen molar-refractivity contribution in [2.75, 3.05) is 5.32 Å². The molecular formula is C10H7FN2O2S. The molecule has 6 heteroatoms. The van der Waals surface area contributed by atoms with Crippen molar-refractivity contribution < 1.29 is 14.3 Å². The Labute approximate surface area is 94.4 Å². The van der Waals surface area contributed by atoms with Crippen molar-refractivity contribution in [3.8, 4) is 0 Å². The van der Waals surface area contributed by atoms with Crippen LogP contribution in [0.5, 0.6) is 0 Å². The number of carboxylic acids is 1. The summed E-state index contributed by atoms with van der Waals surface area (Å²) < 4.78 is 12.9. The number of anilines is 2. The molecule has 0 unspecified atom stereocenters. The van der Waals surface area contributed by atoms with Gasteiger partial charge in [0, 0.05) is 5.69 Å². The fraction of sp³-hybridized carbons (Fsp3) is 0. The summed E-state index contributed by atoms with van der Waals surface area (Å²) in [6.45, 7) is 0. The first-order valence-electron chi connectivity index (χ1n) is 4.36. The van der Waals surface area contributed by atoms with Crippen molar-refractivity contribution in [1.82, 2.24) is 4.98 Å². The number of carbonyl (C=O) groups is 1. The molecule has 0 atom stereocenters. The number of hydrogen-bond donors (Lipinski definition) is 2. The molecule has 2 aromatic rings. The molecule has 0 aliphatic carbocycles. The largest absolute Gasteiger partial charge is 0.476 e. The third kappa shape index (κ3) is 2.17. The van der Waals surface area contributed by atoms with Gasteiger partial charge in [0.05, 0.1) is 5.51 Å². The van der Waals surface area contributed by atoms with Gasteiger partial charge in [0.1, 0.15) is 10.8 Å². The zero-order chi connectivity index (χ0) is 11.5. The first-order chi connectivity index (χ1) is 7.66. The van der Waals surface area contributed by atoms with Crippen molar-refractivity contribution in [2.24, 2.45) is 0 Å². The van der Waals surface area contributed by atoms with Gasteiger partial charge in [0.2, 0.25) is 0 Å². The minimum absolute atomic E-state index is 0.0609. The molecule has 0 aliphatic rings. The number of hydrogen-bond acceptors (Lipinski definition) is 4. The zero-order valence-electron chi connectivity index (χ0n) is 7.98. The molecule has 2 N–H and O–H groups in total. The van der Waals surface area contributed by atoms with E-state index in [1.807, 2.05) is 0 Å². The lowest BCUT2D eigenvalue weighted by Crippen LogP contribution is -2.01. The topological polar surface area (TPSA) is 62.2 Å². The van der Waals surface area contributed by atoms with E-state index in [2.05, 4.69) is 10.3 Å². The molecule has 4 nitrogen and oxygen atoms in total. The minimum Gasteiger partial charge on any atom is -0.476 e. The lowest BCUT2D eigenvalue weighted by molar-refractivity contribution is 0.0692. The van der Waals surface area contributed by atoms with Gasteiger partial charge in [-0.2, -0.15) is 0 Å². The van der Waals surface area contributed by atoms with Gasteiger partial charge in [-0.25, -0.2) is 14.2 Å². The maximum atomic E-state index is 12.9. The minimum atomic E-state index is -1.11. The maximum absolute atomic E-state index is 12.9. The van der Waals surface area contributed by atoms with E-state index in [0.29, 0.717) is 10.7 Å². The third-order valence-electron chi connectivity index (χ3n) is 1.85. The monoisotopic (exact) mass is 238 g/mol. The Morgan fingerprint density at radius 3 is 3.00 bits per heavy atom. The van der Waals surface area contributed by atoms with Crippen LogP contribution in [-0.4, -0.2) is 16.1 Å². The van der Waals surface area contributed by atoms with E-state index in [9.17, 15) is 9.18 Å². The Bertz CT molecular complexity index is 527. The normalized spacial score (nSPS) is 10.1. The van der Waals surface area contributed by atoms with Gasteiger partial charge in [-0.15, -0.1) is 11.3 Å². The molecule has 0 spiro atoms. The molecule has 0 saturated heterocycles. The van der Waals surface area contributed by atoms with Crippen LogP contribution < -0.4 is 5.32 Å². The van der Waals surface area contributed by atoms with Gasteiger partial charge in [-0.05, 0) is 18.2 Å². The third-order valence-corrected chi connectivity index (χ3v) is 2.59. The smallest absolute Gasteiger partial charge is 0.357 e. The van der Waals surface area contributed by atoms with Crippen molar-refractivity contribution in [2.45, 2.75) is 0 Å². The Balaban J connectivity index is 2.27. The van der Waals surface area contributed by atoms with Crippen LogP contribution in [0, 0.1) is 5.82 Å². The summed E-state index contributed by atoms with van der Waals surface area (Å²) >= 11 is 1.15. The van der Waals surface area contributed by atoms with Crippen molar-refractivity contribution in [3.63, 3.8) is 0 Å². The lowest BCUT2D eigenvalue weighted by Gasteiger charge is -2.03. The standard InChI is InChI=1S/C10H7FN2O2S/c11-6-2-1-3-7(4-6)13-9-8(10(14)15)12-5-16-9/h1-5,13H,(H,14,15). The highest BCUT2D eigenvalue weighted by Crippen LogP contribution is 2.25. The van der Waals surface area contributed by atoms with E-state index in [-0.39, 0.29) is 11.5 Å². The summed E-state index contributed by atoms with van der Waals surface area (Å²) in [6.07, 6.45) is 0. The first-order valence-corrected chi connectivity index (χ1v) is 5.24. The van der Waals surface area contributed by atoms with Gasteiger partial charge < -0.3 is 10.4 Å². The van der Waals surface area contributed by atoms with E-state index in [1.54, 1.807) is 12.1 Å². The average molecular weight is 238 g/mol. The molecule has 0 amide bonds. The maximum Gasteiger partial charge on any atom is 0.357 e. The van der Waals surface area contributed by atoms with Crippen LogP contribution in [0.15, 0.2) is 29.8 Å². The number of thiazole rings is 1. The van der Waals surface area contributed by atoms with Gasteiger partial charge in [0.25, 0.3) is 0 Å². The SMILES string of the molecule is O=C(O)c1ncsc1Nc1cccc(F)c1. The molecule has 0 aliphatic heterocycles. The highest BCUT2D eigenvalue weighted by atomic mass is 32.1. The van der Waals surface area contributed by atoms with Crippen molar-refractivity contribution in [1.29, 1.82) is 0 Å². The number of nitrogens with one attached hydrogen (secondary N) is 1. The van der Waals surface area contributed by atoms with Crippen LogP contribution in [0.4, 0.5) is 15.1 Å². The van der Waals surface area contributed by atoms with E-state index >= 15 is 0 Å². The van der Waals surface area contributed by atoms with Crippen LogP contribution in [0.25, 0.3) is 0 Å². The second-order valence-corrected chi connectivity index (χ2v) is 3.83. The lowest BCUT2D eigenvalue weighted by atomic mass is 10.3. The summed E-state index contributed by atoms with van der Waals surface area (Å²) in [7, 11) is 0. The fourth-order valence-corrected chi connectivity index (χ4v) is 1.88. The molecule has 1 heterocycles. The second kappa shape index (κ2) is 4.28. The van der Waals surface area contributed by atoms with E-state index in [0.717, 1.165) is 11.3 Å². The fourth-order valence-electron chi connectivity index (χ4n) is 1.18. The van der Waals surface area contributed by atoms with E-state index in [1.165, 1.54) is 17.6 Å². The summed E-state index contributed by atoms with van der Waals surface area (Å²) in [4.78, 5) is 14.5. The quantitative estimate of drug-likeness (QED) is 0.863. The number of aromatic carboxylic acids is 1. The predicted molar refractivity (Wildman–Crippen MR) is 58.8 cm³/mol. The molecule has 82 valence electrons. The van der Waals surface area contributed by atoms with Crippen LogP contribution in [-0.2, 0) is 0 Å². The van der Waals surface area contributed by atoms with Gasteiger partial charge >= 0.3 is 5.97 Å². The number of benzene rings is 1. The molecule has 2 rings (SSSR count). The first kappa shape index (κ1) is 10.6. The van der Waals surface area contributed by atoms with Gasteiger partial charge in [-0.1, -0.05) is 6.07 Å². The Hall–Kier alpha value is -1.95. The molecular weight excluding hydrogens is 231 g/mol. The Morgan fingerprint density at radius 2 is 2.31 bits per heavy atom. The summed E-state index contributed by atoms with van der Waals surface area (Å²) in [5.41, 5.74) is 1.85. The number of halogens is 1.